The zero-order chi connectivity index (χ0) is 12.7. The van der Waals surface area contributed by atoms with Gasteiger partial charge < -0.3 is 4.42 Å². The predicted octanol–water partition coefficient (Wildman–Crippen LogP) is 3.24. The monoisotopic (exact) mass is 246 g/mol. The van der Waals surface area contributed by atoms with Crippen LogP contribution in [0.2, 0.25) is 0 Å². The quantitative estimate of drug-likeness (QED) is 0.517. The molecule has 4 rings (SSSR count). The lowest BCUT2D eigenvalue weighted by Crippen LogP contribution is -1.88. The second-order valence-electron chi connectivity index (χ2n) is 4.17. The van der Waals surface area contributed by atoms with Gasteiger partial charge in [0, 0.05) is 22.4 Å². The minimum Gasteiger partial charge on any atom is -0.456 e. The molecule has 0 aliphatic carbocycles. The predicted molar refractivity (Wildman–Crippen MR) is 71.4 cm³/mol. The highest BCUT2D eigenvalue weighted by Crippen LogP contribution is 2.30. The molecule has 0 amide bonds. The summed E-state index contributed by atoms with van der Waals surface area (Å²) >= 11 is 0. The molecule has 19 heavy (non-hydrogen) atoms. The van der Waals surface area contributed by atoms with E-state index in [2.05, 4.69) is 21.0 Å². The van der Waals surface area contributed by atoms with Gasteiger partial charge >= 0.3 is 0 Å². The zero-order valence-corrected chi connectivity index (χ0v) is 9.87. The number of rotatable bonds is 1. The van der Waals surface area contributed by atoms with Gasteiger partial charge in [0.2, 0.25) is 0 Å². The van der Waals surface area contributed by atoms with Gasteiger partial charge in [-0.1, -0.05) is 18.2 Å². The molecule has 4 aromatic rings. The number of fused-ring (bicyclic) bond motifs is 3. The smallest absolute Gasteiger partial charge is 0.163 e. The van der Waals surface area contributed by atoms with E-state index in [1.807, 2.05) is 36.4 Å². The maximum Gasteiger partial charge on any atom is 0.163 e. The average Bonchev–Trinajstić information content (AvgIpc) is 2.86. The van der Waals surface area contributed by atoms with Crippen molar-refractivity contribution in [1.82, 2.24) is 15.0 Å². The van der Waals surface area contributed by atoms with Gasteiger partial charge in [0.15, 0.2) is 5.82 Å². The summed E-state index contributed by atoms with van der Waals surface area (Å²) in [5.74, 6) is 0.613. The Bertz CT molecular complexity index is 868. The van der Waals surface area contributed by atoms with Crippen molar-refractivity contribution < 1.29 is 4.42 Å². The first-order valence-electron chi connectivity index (χ1n) is 5.88. The Hall–Kier alpha value is -2.75. The van der Waals surface area contributed by atoms with Crippen LogP contribution >= 0.6 is 0 Å². The highest BCUT2D eigenvalue weighted by atomic mass is 16.3. The molecule has 0 saturated heterocycles. The molecule has 0 atom stereocenters. The number of aromatic nitrogens is 3. The minimum atomic E-state index is 0.613. The summed E-state index contributed by atoms with van der Waals surface area (Å²) in [7, 11) is 0. The Kier molecular flexibility index (Phi) is 2.08. The van der Waals surface area contributed by atoms with E-state index in [0.717, 1.165) is 27.5 Å². The van der Waals surface area contributed by atoms with Crippen LogP contribution < -0.4 is 0 Å². The van der Waals surface area contributed by atoms with Crippen LogP contribution in [0.3, 0.4) is 0 Å². The summed E-state index contributed by atoms with van der Waals surface area (Å²) in [5.41, 5.74) is 2.52. The fourth-order valence-electron chi connectivity index (χ4n) is 2.15. The fourth-order valence-corrected chi connectivity index (χ4v) is 2.15. The molecule has 4 heteroatoms. The van der Waals surface area contributed by atoms with Gasteiger partial charge in [-0.05, 0) is 18.2 Å². The third-order valence-electron chi connectivity index (χ3n) is 3.02. The maximum atomic E-state index is 5.76. The first kappa shape index (κ1) is 10.2. The largest absolute Gasteiger partial charge is 0.456 e. The normalized spacial score (nSPS) is 11.2. The number of furan rings is 1. The third kappa shape index (κ3) is 1.57. The molecule has 0 unspecified atom stereocenters. The van der Waals surface area contributed by atoms with Crippen molar-refractivity contribution in [3.05, 3.63) is 55.1 Å². The molecule has 1 radical (unpaired) electrons. The molecule has 0 bridgehead atoms. The SMILES string of the molecule is [c]1c(-c2ncncn2)ccc2oc3ccccc3c12. The summed E-state index contributed by atoms with van der Waals surface area (Å²) < 4.78 is 5.76. The molecule has 0 aliphatic rings. The van der Waals surface area contributed by atoms with Crippen LogP contribution in [0.15, 0.2) is 53.5 Å². The molecule has 2 heterocycles. The van der Waals surface area contributed by atoms with E-state index in [0.29, 0.717) is 5.82 Å². The van der Waals surface area contributed by atoms with Crippen LogP contribution in [-0.4, -0.2) is 15.0 Å². The van der Waals surface area contributed by atoms with Gasteiger partial charge in [-0.3, -0.25) is 0 Å². The number of benzene rings is 2. The van der Waals surface area contributed by atoms with Crippen molar-refractivity contribution in [2.45, 2.75) is 0 Å². The summed E-state index contributed by atoms with van der Waals surface area (Å²) in [6.45, 7) is 0. The van der Waals surface area contributed by atoms with Crippen molar-refractivity contribution in [3.8, 4) is 11.4 Å². The molecule has 0 spiro atoms. The zero-order valence-electron chi connectivity index (χ0n) is 9.87. The standard InChI is InChI=1S/C15H8N3O/c1-2-4-13-11(3-1)12-7-10(5-6-14(12)19-13)15-17-8-16-9-18-15/h1-6,8-9H. The van der Waals surface area contributed by atoms with E-state index in [1.54, 1.807) is 0 Å². The van der Waals surface area contributed by atoms with E-state index in [1.165, 1.54) is 12.7 Å². The molecule has 0 aliphatic heterocycles. The van der Waals surface area contributed by atoms with E-state index in [-0.39, 0.29) is 0 Å². The van der Waals surface area contributed by atoms with Crippen LogP contribution in [0, 0.1) is 6.07 Å². The maximum absolute atomic E-state index is 5.76. The lowest BCUT2D eigenvalue weighted by atomic mass is 10.1. The highest BCUT2D eigenvalue weighted by molar-refractivity contribution is 6.05. The molecule has 2 aromatic carbocycles. The van der Waals surface area contributed by atoms with Crippen molar-refractivity contribution in [2.75, 3.05) is 0 Å². The highest BCUT2D eigenvalue weighted by Gasteiger charge is 2.09. The molecule has 4 nitrogen and oxygen atoms in total. The second-order valence-corrected chi connectivity index (χ2v) is 4.17. The van der Waals surface area contributed by atoms with Gasteiger partial charge in [-0.15, -0.1) is 0 Å². The summed E-state index contributed by atoms with van der Waals surface area (Å²) in [5, 5.41) is 2.00. The molecule has 0 fully saturated rings. The van der Waals surface area contributed by atoms with Crippen LogP contribution in [0.5, 0.6) is 0 Å². The Balaban J connectivity index is 2.03. The number of para-hydroxylation sites is 1. The minimum absolute atomic E-state index is 0.613. The van der Waals surface area contributed by atoms with Crippen LogP contribution in [0.1, 0.15) is 0 Å². The first-order chi connectivity index (χ1) is 9.42. The van der Waals surface area contributed by atoms with Gasteiger partial charge in [0.1, 0.15) is 23.8 Å². The van der Waals surface area contributed by atoms with Crippen LogP contribution in [0.4, 0.5) is 0 Å². The third-order valence-corrected chi connectivity index (χ3v) is 3.02. The topological polar surface area (TPSA) is 51.8 Å². The van der Waals surface area contributed by atoms with E-state index < -0.39 is 0 Å². The van der Waals surface area contributed by atoms with Crippen molar-refractivity contribution >= 4 is 21.9 Å². The number of nitrogens with zero attached hydrogens (tertiary/aromatic N) is 3. The molecule has 89 valence electrons. The van der Waals surface area contributed by atoms with E-state index >= 15 is 0 Å². The summed E-state index contributed by atoms with van der Waals surface area (Å²) in [6.07, 6.45) is 2.96. The molecular formula is C15H8N3O. The van der Waals surface area contributed by atoms with Crippen LogP contribution in [0.25, 0.3) is 33.3 Å². The van der Waals surface area contributed by atoms with Crippen molar-refractivity contribution in [1.29, 1.82) is 0 Å². The Morgan fingerprint density at radius 2 is 1.74 bits per heavy atom. The first-order valence-corrected chi connectivity index (χ1v) is 5.88. The number of hydrogen-bond donors (Lipinski definition) is 0. The molecular weight excluding hydrogens is 238 g/mol. The number of hydrogen-bond acceptors (Lipinski definition) is 4. The van der Waals surface area contributed by atoms with Crippen LogP contribution in [-0.2, 0) is 0 Å². The van der Waals surface area contributed by atoms with E-state index in [4.69, 9.17) is 4.42 Å². The summed E-state index contributed by atoms with van der Waals surface area (Å²) in [6, 6.07) is 15.1. The molecule has 0 N–H and O–H groups in total. The second kappa shape index (κ2) is 3.88. The Morgan fingerprint density at radius 1 is 0.895 bits per heavy atom. The summed E-state index contributed by atoms with van der Waals surface area (Å²) in [4.78, 5) is 12.1. The molecule has 0 saturated carbocycles. The van der Waals surface area contributed by atoms with Gasteiger partial charge in [0.25, 0.3) is 0 Å². The lowest BCUT2D eigenvalue weighted by molar-refractivity contribution is 0.669. The van der Waals surface area contributed by atoms with Crippen molar-refractivity contribution in [2.24, 2.45) is 0 Å². The fraction of sp³-hybridized carbons (Fsp3) is 0. The van der Waals surface area contributed by atoms with Gasteiger partial charge in [0.05, 0.1) is 0 Å². The van der Waals surface area contributed by atoms with Crippen molar-refractivity contribution in [3.63, 3.8) is 0 Å². The Labute approximate surface area is 108 Å². The average molecular weight is 246 g/mol. The Morgan fingerprint density at radius 3 is 2.63 bits per heavy atom. The van der Waals surface area contributed by atoms with E-state index in [9.17, 15) is 0 Å². The lowest BCUT2D eigenvalue weighted by Gasteiger charge is -1.97. The van der Waals surface area contributed by atoms with Gasteiger partial charge in [-0.25, -0.2) is 15.0 Å². The molecule has 2 aromatic heterocycles. The van der Waals surface area contributed by atoms with Gasteiger partial charge in [-0.2, -0.15) is 0 Å².